The van der Waals surface area contributed by atoms with Crippen molar-refractivity contribution in [3.8, 4) is 0 Å². The number of nitrogens with zero attached hydrogens (tertiary/aromatic N) is 4. The van der Waals surface area contributed by atoms with Crippen molar-refractivity contribution in [2.24, 2.45) is 4.99 Å². The van der Waals surface area contributed by atoms with E-state index in [4.69, 9.17) is 4.99 Å². The molecular formula is C16H17N5OS. The second-order valence-corrected chi connectivity index (χ2v) is 6.56. The molecule has 0 aliphatic carbocycles. The summed E-state index contributed by atoms with van der Waals surface area (Å²) in [5.41, 5.74) is 3.55. The van der Waals surface area contributed by atoms with Crippen molar-refractivity contribution in [3.05, 3.63) is 36.0 Å². The Balaban J connectivity index is 1.49. The summed E-state index contributed by atoms with van der Waals surface area (Å²) in [6.45, 7) is 3.53. The Labute approximate surface area is 138 Å². The molecule has 0 atom stereocenters. The topological polar surface area (TPSA) is 70.5 Å². The number of aromatic nitrogens is 2. The first-order valence-electron chi connectivity index (χ1n) is 7.68. The van der Waals surface area contributed by atoms with Crippen LogP contribution in [-0.2, 0) is 5.41 Å². The maximum absolute atomic E-state index is 12.3. The Kier molecular flexibility index (Phi) is 3.37. The van der Waals surface area contributed by atoms with Crippen molar-refractivity contribution in [1.82, 2.24) is 13.6 Å². The molecule has 7 heteroatoms. The minimum absolute atomic E-state index is 0.00440. The summed E-state index contributed by atoms with van der Waals surface area (Å²) in [6.07, 6.45) is 3.38. The lowest BCUT2D eigenvalue weighted by molar-refractivity contribution is 0.186. The van der Waals surface area contributed by atoms with E-state index in [0.717, 1.165) is 30.3 Å². The van der Waals surface area contributed by atoms with Gasteiger partial charge in [0.05, 0.1) is 23.6 Å². The molecule has 1 fully saturated rings. The van der Waals surface area contributed by atoms with E-state index in [1.54, 1.807) is 6.20 Å². The van der Waals surface area contributed by atoms with Gasteiger partial charge in [-0.15, -0.1) is 0 Å². The highest BCUT2D eigenvalue weighted by Gasteiger charge is 2.44. The predicted octanol–water partition coefficient (Wildman–Crippen LogP) is 3.21. The van der Waals surface area contributed by atoms with Gasteiger partial charge in [0.1, 0.15) is 0 Å². The van der Waals surface area contributed by atoms with Crippen LogP contribution in [0.1, 0.15) is 25.3 Å². The van der Waals surface area contributed by atoms with Gasteiger partial charge >= 0.3 is 6.03 Å². The van der Waals surface area contributed by atoms with E-state index in [0.29, 0.717) is 18.9 Å². The molecule has 0 radical (unpaired) electrons. The Morgan fingerprint density at radius 1 is 1.30 bits per heavy atom. The number of para-hydroxylation sites is 1. The smallest absolute Gasteiger partial charge is 0.323 e. The minimum atomic E-state index is -0.103. The number of urea groups is 1. The Bertz CT molecular complexity index is 763. The molecule has 0 saturated carbocycles. The Morgan fingerprint density at radius 3 is 2.83 bits per heavy atom. The first-order valence-corrected chi connectivity index (χ1v) is 8.41. The van der Waals surface area contributed by atoms with E-state index >= 15 is 0 Å². The van der Waals surface area contributed by atoms with E-state index in [2.05, 4.69) is 39.2 Å². The van der Waals surface area contributed by atoms with Gasteiger partial charge in [-0.1, -0.05) is 18.2 Å². The molecule has 1 N–H and O–H groups in total. The Hall–Kier alpha value is -2.28. The third kappa shape index (κ3) is 2.31. The Morgan fingerprint density at radius 2 is 2.09 bits per heavy atom. The number of likely N-dealkylation sites (tertiary alicyclic amines) is 1. The number of amides is 2. The van der Waals surface area contributed by atoms with Gasteiger partial charge < -0.3 is 4.90 Å². The van der Waals surface area contributed by atoms with Crippen LogP contribution in [0.2, 0.25) is 0 Å². The van der Waals surface area contributed by atoms with Crippen LogP contribution < -0.4 is 5.32 Å². The van der Waals surface area contributed by atoms with E-state index in [1.165, 1.54) is 11.3 Å². The van der Waals surface area contributed by atoms with Crippen molar-refractivity contribution < 1.29 is 4.79 Å². The monoisotopic (exact) mass is 327 g/mol. The standard InChI is InChI=1S/C16H17N5OS/c1-11-16(12-4-2-3-5-13(12)18-11)6-8-21(9-7-16)15(22)19-14-10-17-23-20-14/h2-5,10H,6-9H2,1H3,(H,19,20,22). The third-order valence-corrected chi connectivity index (χ3v) is 5.38. The number of benzene rings is 1. The number of nitrogens with one attached hydrogen (secondary N) is 1. The number of hydrogen-bond acceptors (Lipinski definition) is 5. The molecular weight excluding hydrogens is 310 g/mol. The zero-order valence-corrected chi connectivity index (χ0v) is 13.6. The highest BCUT2D eigenvalue weighted by Crippen LogP contribution is 2.46. The molecule has 1 spiro atoms. The van der Waals surface area contributed by atoms with Crippen molar-refractivity contribution >= 4 is 35.0 Å². The first-order chi connectivity index (χ1) is 11.2. The van der Waals surface area contributed by atoms with Crippen LogP contribution >= 0.6 is 11.7 Å². The van der Waals surface area contributed by atoms with Gasteiger partial charge in [0.15, 0.2) is 5.82 Å². The predicted molar refractivity (Wildman–Crippen MR) is 90.6 cm³/mol. The van der Waals surface area contributed by atoms with Gasteiger partial charge in [0, 0.05) is 24.2 Å². The van der Waals surface area contributed by atoms with Crippen molar-refractivity contribution in [2.75, 3.05) is 18.4 Å². The summed E-state index contributed by atoms with van der Waals surface area (Å²) < 4.78 is 7.91. The summed E-state index contributed by atoms with van der Waals surface area (Å²) in [7, 11) is 0. The minimum Gasteiger partial charge on any atom is -0.324 e. The second-order valence-electron chi connectivity index (χ2n) is 6.01. The SMILES string of the molecule is CC1=Nc2ccccc2C12CCN(C(=O)Nc1cnsn1)CC2. The molecule has 2 aromatic rings. The van der Waals surface area contributed by atoms with E-state index < -0.39 is 0 Å². The van der Waals surface area contributed by atoms with Gasteiger partial charge in [-0.25, -0.2) is 4.79 Å². The lowest BCUT2D eigenvalue weighted by Crippen LogP contribution is -2.48. The van der Waals surface area contributed by atoms with E-state index in [9.17, 15) is 4.79 Å². The number of fused-ring (bicyclic) bond motifs is 2. The van der Waals surface area contributed by atoms with Crippen LogP contribution in [0.15, 0.2) is 35.5 Å². The lowest BCUT2D eigenvalue weighted by atomic mass is 9.71. The zero-order valence-electron chi connectivity index (χ0n) is 12.8. The molecule has 1 saturated heterocycles. The van der Waals surface area contributed by atoms with Gasteiger partial charge in [-0.3, -0.25) is 10.3 Å². The molecule has 1 aromatic heterocycles. The number of anilines is 1. The third-order valence-electron chi connectivity index (χ3n) is 4.90. The summed E-state index contributed by atoms with van der Waals surface area (Å²) in [5, 5.41) is 2.79. The van der Waals surface area contributed by atoms with Crippen LogP contribution in [0.4, 0.5) is 16.3 Å². The molecule has 0 unspecified atom stereocenters. The lowest BCUT2D eigenvalue weighted by Gasteiger charge is -2.40. The number of carbonyl (C=O) groups is 1. The van der Waals surface area contributed by atoms with Gasteiger partial charge in [0.25, 0.3) is 0 Å². The maximum atomic E-state index is 12.3. The molecule has 118 valence electrons. The number of aliphatic imine (C=N–C) groups is 1. The summed E-state index contributed by atoms with van der Waals surface area (Å²) in [4.78, 5) is 18.9. The number of rotatable bonds is 1. The van der Waals surface area contributed by atoms with Crippen LogP contribution in [0.25, 0.3) is 0 Å². The van der Waals surface area contributed by atoms with Crippen molar-refractivity contribution in [2.45, 2.75) is 25.2 Å². The summed E-state index contributed by atoms with van der Waals surface area (Å²) in [5.74, 6) is 0.518. The molecule has 0 bridgehead atoms. The van der Waals surface area contributed by atoms with Crippen LogP contribution in [0, 0.1) is 0 Å². The van der Waals surface area contributed by atoms with Gasteiger partial charge in [0.2, 0.25) is 0 Å². The maximum Gasteiger partial charge on any atom is 0.323 e. The molecule has 3 heterocycles. The first kappa shape index (κ1) is 14.3. The number of carbonyl (C=O) groups excluding carboxylic acids is 1. The second kappa shape index (κ2) is 5.42. The molecule has 2 amide bonds. The highest BCUT2D eigenvalue weighted by molar-refractivity contribution is 6.99. The molecule has 4 rings (SSSR count). The van der Waals surface area contributed by atoms with Crippen molar-refractivity contribution in [3.63, 3.8) is 0 Å². The largest absolute Gasteiger partial charge is 0.324 e. The molecule has 1 aromatic carbocycles. The normalized spacial score (nSPS) is 18.7. The average Bonchev–Trinajstić information content (AvgIpc) is 3.16. The zero-order chi connectivity index (χ0) is 15.9. The molecule has 6 nitrogen and oxygen atoms in total. The van der Waals surface area contributed by atoms with E-state index in [-0.39, 0.29) is 11.4 Å². The van der Waals surface area contributed by atoms with E-state index in [1.807, 2.05) is 11.0 Å². The molecule has 2 aliphatic heterocycles. The fourth-order valence-corrected chi connectivity index (χ4v) is 3.96. The molecule has 2 aliphatic rings. The summed E-state index contributed by atoms with van der Waals surface area (Å²) >= 11 is 1.09. The average molecular weight is 327 g/mol. The van der Waals surface area contributed by atoms with Crippen LogP contribution in [-0.4, -0.2) is 38.5 Å². The molecule has 23 heavy (non-hydrogen) atoms. The van der Waals surface area contributed by atoms with Gasteiger partial charge in [-0.2, -0.15) is 8.75 Å². The fourth-order valence-electron chi connectivity index (χ4n) is 3.59. The van der Waals surface area contributed by atoms with Gasteiger partial charge in [-0.05, 0) is 31.4 Å². The number of piperidine rings is 1. The van der Waals surface area contributed by atoms with Crippen molar-refractivity contribution in [1.29, 1.82) is 0 Å². The number of hydrogen-bond donors (Lipinski definition) is 1. The fraction of sp³-hybridized carbons (Fsp3) is 0.375. The van der Waals surface area contributed by atoms with Crippen LogP contribution in [0.3, 0.4) is 0 Å². The van der Waals surface area contributed by atoms with Crippen LogP contribution in [0.5, 0.6) is 0 Å². The quantitative estimate of drug-likeness (QED) is 0.874. The summed E-state index contributed by atoms with van der Waals surface area (Å²) in [6, 6.07) is 8.24. The highest BCUT2D eigenvalue weighted by atomic mass is 32.1.